The number of piperidine rings is 1. The summed E-state index contributed by atoms with van der Waals surface area (Å²) in [5, 5.41) is 2.99. The molecule has 0 aliphatic carbocycles. The average molecular weight is 414 g/mol. The van der Waals surface area contributed by atoms with E-state index in [9.17, 15) is 9.59 Å². The van der Waals surface area contributed by atoms with Gasteiger partial charge in [-0.25, -0.2) is 0 Å². The fraction of sp³-hybridized carbons (Fsp3) is 0.583. The number of ether oxygens (including phenoxy) is 1. The largest absolute Gasteiger partial charge is 0.385 e. The molecule has 0 bridgehead atoms. The molecule has 0 radical (unpaired) electrons. The van der Waals surface area contributed by atoms with Crippen molar-refractivity contribution in [1.82, 2.24) is 10.2 Å². The molecule has 0 spiro atoms. The quantitative estimate of drug-likeness (QED) is 0.525. The number of anilines is 1. The molecule has 0 aromatic heterocycles. The third-order valence-electron chi connectivity index (χ3n) is 6.40. The first kappa shape index (κ1) is 22.5. The number of nitrogens with one attached hydrogen (secondary N) is 1. The van der Waals surface area contributed by atoms with Gasteiger partial charge in [0.15, 0.2) is 5.78 Å². The highest BCUT2D eigenvalue weighted by Crippen LogP contribution is 2.46. The maximum atomic E-state index is 12.8. The number of allylic oxidation sites excluding steroid dienone is 1. The molecule has 1 fully saturated rings. The lowest BCUT2D eigenvalue weighted by atomic mass is 9.83. The zero-order valence-electron chi connectivity index (χ0n) is 18.7. The first-order chi connectivity index (χ1) is 14.3. The SMILES string of the molecule is COCCCNC(=O)C1CCN(CC(=O)/C=C2/N(C)c3ccccc3C2(C)C)CC1. The van der Waals surface area contributed by atoms with Gasteiger partial charge in [-0.05, 0) is 44.0 Å². The lowest BCUT2D eigenvalue weighted by Gasteiger charge is -2.31. The fourth-order valence-electron chi connectivity index (χ4n) is 4.60. The van der Waals surface area contributed by atoms with Gasteiger partial charge in [0.2, 0.25) is 5.91 Å². The van der Waals surface area contributed by atoms with Crippen LogP contribution in [0.15, 0.2) is 36.0 Å². The maximum absolute atomic E-state index is 12.8. The van der Waals surface area contributed by atoms with Crippen LogP contribution in [0.5, 0.6) is 0 Å². The topological polar surface area (TPSA) is 61.9 Å². The van der Waals surface area contributed by atoms with E-state index < -0.39 is 0 Å². The first-order valence-electron chi connectivity index (χ1n) is 10.9. The lowest BCUT2D eigenvalue weighted by molar-refractivity contribution is -0.126. The van der Waals surface area contributed by atoms with E-state index in [0.717, 1.165) is 38.0 Å². The summed E-state index contributed by atoms with van der Waals surface area (Å²) in [6, 6.07) is 8.33. The van der Waals surface area contributed by atoms with Gasteiger partial charge in [0, 0.05) is 56.1 Å². The molecule has 1 aromatic rings. The molecule has 164 valence electrons. The van der Waals surface area contributed by atoms with Crippen LogP contribution in [-0.2, 0) is 19.7 Å². The standard InChI is InChI=1S/C24H35N3O3/c1-24(2)20-8-5-6-9-21(20)26(3)22(24)16-19(28)17-27-13-10-18(11-14-27)23(29)25-12-7-15-30-4/h5-6,8-9,16,18H,7,10-15,17H2,1-4H3,(H,25,29)/b22-16+. The summed E-state index contributed by atoms with van der Waals surface area (Å²) in [6.45, 7) is 7.63. The summed E-state index contributed by atoms with van der Waals surface area (Å²) >= 11 is 0. The van der Waals surface area contributed by atoms with E-state index in [1.807, 2.05) is 19.2 Å². The molecule has 30 heavy (non-hydrogen) atoms. The third kappa shape index (κ3) is 4.93. The van der Waals surface area contributed by atoms with Gasteiger partial charge in [-0.2, -0.15) is 0 Å². The summed E-state index contributed by atoms with van der Waals surface area (Å²) in [4.78, 5) is 29.4. The normalized spacial score (nSPS) is 20.4. The molecule has 6 nitrogen and oxygen atoms in total. The molecule has 0 unspecified atom stereocenters. The number of fused-ring (bicyclic) bond motifs is 1. The predicted molar refractivity (Wildman–Crippen MR) is 120 cm³/mol. The van der Waals surface area contributed by atoms with Crippen molar-refractivity contribution in [2.24, 2.45) is 5.92 Å². The van der Waals surface area contributed by atoms with Gasteiger partial charge in [0.05, 0.1) is 6.54 Å². The third-order valence-corrected chi connectivity index (χ3v) is 6.40. The van der Waals surface area contributed by atoms with Gasteiger partial charge in [0.25, 0.3) is 0 Å². The van der Waals surface area contributed by atoms with E-state index in [0.29, 0.717) is 19.7 Å². The summed E-state index contributed by atoms with van der Waals surface area (Å²) in [5.74, 6) is 0.304. The second-order valence-corrected chi connectivity index (χ2v) is 8.88. The van der Waals surface area contributed by atoms with Gasteiger partial charge in [0.1, 0.15) is 0 Å². The molecule has 2 heterocycles. The lowest BCUT2D eigenvalue weighted by Crippen LogP contribution is -2.42. The van der Waals surface area contributed by atoms with Crippen LogP contribution in [0.2, 0.25) is 0 Å². The van der Waals surface area contributed by atoms with Crippen LogP contribution in [0.25, 0.3) is 0 Å². The van der Waals surface area contributed by atoms with Crippen LogP contribution in [-0.4, -0.2) is 63.5 Å². The van der Waals surface area contributed by atoms with Gasteiger partial charge in [-0.1, -0.05) is 32.0 Å². The minimum atomic E-state index is -0.186. The summed E-state index contributed by atoms with van der Waals surface area (Å²) in [5.41, 5.74) is 3.27. The molecular weight excluding hydrogens is 378 g/mol. The Bertz CT molecular complexity index is 795. The monoisotopic (exact) mass is 413 g/mol. The second-order valence-electron chi connectivity index (χ2n) is 8.88. The number of methoxy groups -OCH3 is 1. The average Bonchev–Trinajstić information content (AvgIpc) is 2.92. The van der Waals surface area contributed by atoms with Gasteiger partial charge < -0.3 is 15.0 Å². The fourth-order valence-corrected chi connectivity index (χ4v) is 4.60. The highest BCUT2D eigenvalue weighted by atomic mass is 16.5. The maximum Gasteiger partial charge on any atom is 0.223 e. The molecule has 1 aromatic carbocycles. The Balaban J connectivity index is 1.51. The van der Waals surface area contributed by atoms with Crippen LogP contribution < -0.4 is 10.2 Å². The number of hydrogen-bond donors (Lipinski definition) is 1. The van der Waals surface area contributed by atoms with E-state index in [1.165, 1.54) is 11.3 Å². The Morgan fingerprint density at radius 3 is 2.60 bits per heavy atom. The van der Waals surface area contributed by atoms with E-state index in [4.69, 9.17) is 4.74 Å². The minimum absolute atomic E-state index is 0.0478. The molecule has 0 atom stereocenters. The van der Waals surface area contributed by atoms with Crippen LogP contribution in [0.1, 0.15) is 38.7 Å². The zero-order valence-corrected chi connectivity index (χ0v) is 18.7. The van der Waals surface area contributed by atoms with Crippen molar-refractivity contribution >= 4 is 17.4 Å². The van der Waals surface area contributed by atoms with E-state index in [-0.39, 0.29) is 23.0 Å². The van der Waals surface area contributed by atoms with Crippen molar-refractivity contribution in [3.63, 3.8) is 0 Å². The predicted octanol–water partition coefficient (Wildman–Crippen LogP) is 2.73. The molecule has 2 aliphatic heterocycles. The molecule has 2 aliphatic rings. The molecule has 0 saturated carbocycles. The van der Waals surface area contributed by atoms with Crippen LogP contribution in [0, 0.1) is 5.92 Å². The van der Waals surface area contributed by atoms with Gasteiger partial charge in [-0.15, -0.1) is 0 Å². The molecule has 1 amide bonds. The number of amides is 1. The summed E-state index contributed by atoms with van der Waals surface area (Å²) in [6.07, 6.45) is 4.25. The Morgan fingerprint density at radius 2 is 1.93 bits per heavy atom. The smallest absolute Gasteiger partial charge is 0.223 e. The molecule has 3 rings (SSSR count). The number of para-hydroxylation sites is 1. The number of likely N-dealkylation sites (N-methyl/N-ethyl adjacent to an activating group) is 1. The van der Waals surface area contributed by atoms with Crippen LogP contribution >= 0.6 is 0 Å². The highest BCUT2D eigenvalue weighted by Gasteiger charge is 2.38. The Kier molecular flexibility index (Phi) is 7.32. The van der Waals surface area contributed by atoms with Crippen molar-refractivity contribution in [2.45, 2.75) is 38.5 Å². The number of nitrogens with zero attached hydrogens (tertiary/aromatic N) is 2. The minimum Gasteiger partial charge on any atom is -0.385 e. The molecule has 1 saturated heterocycles. The van der Waals surface area contributed by atoms with Crippen molar-refractivity contribution in [2.75, 3.05) is 51.8 Å². The Hall–Kier alpha value is -2.18. The van der Waals surface area contributed by atoms with Crippen LogP contribution in [0.4, 0.5) is 5.69 Å². The Morgan fingerprint density at radius 1 is 1.23 bits per heavy atom. The highest BCUT2D eigenvalue weighted by molar-refractivity contribution is 5.94. The molecular formula is C24H35N3O3. The number of carbonyl (C=O) groups is 2. The number of carbonyl (C=O) groups excluding carboxylic acids is 2. The molecule has 1 N–H and O–H groups in total. The van der Waals surface area contributed by atoms with E-state index >= 15 is 0 Å². The zero-order chi connectivity index (χ0) is 21.7. The van der Waals surface area contributed by atoms with Gasteiger partial charge >= 0.3 is 0 Å². The number of hydrogen-bond acceptors (Lipinski definition) is 5. The van der Waals surface area contributed by atoms with E-state index in [1.54, 1.807) is 7.11 Å². The number of ketones is 1. The van der Waals surface area contributed by atoms with Crippen LogP contribution in [0.3, 0.4) is 0 Å². The number of likely N-dealkylation sites (tertiary alicyclic amines) is 1. The Labute approximate surface area is 180 Å². The molecule has 6 heteroatoms. The second kappa shape index (κ2) is 9.75. The van der Waals surface area contributed by atoms with Crippen molar-refractivity contribution < 1.29 is 14.3 Å². The summed E-state index contributed by atoms with van der Waals surface area (Å²) in [7, 11) is 3.70. The number of rotatable bonds is 8. The van der Waals surface area contributed by atoms with Crippen molar-refractivity contribution in [1.29, 1.82) is 0 Å². The summed E-state index contributed by atoms with van der Waals surface area (Å²) < 4.78 is 5.01. The van der Waals surface area contributed by atoms with E-state index in [2.05, 4.69) is 47.2 Å². The van der Waals surface area contributed by atoms with Gasteiger partial charge in [-0.3, -0.25) is 14.5 Å². The first-order valence-corrected chi connectivity index (χ1v) is 10.9. The van der Waals surface area contributed by atoms with Crippen molar-refractivity contribution in [3.8, 4) is 0 Å². The number of benzene rings is 1. The van der Waals surface area contributed by atoms with Crippen molar-refractivity contribution in [3.05, 3.63) is 41.6 Å².